The summed E-state index contributed by atoms with van der Waals surface area (Å²) in [5.74, 6) is -0.239. The summed E-state index contributed by atoms with van der Waals surface area (Å²) < 4.78 is 17.2. The molecule has 1 aromatic heterocycles. The van der Waals surface area contributed by atoms with Gasteiger partial charge in [0.15, 0.2) is 0 Å². The number of aromatic hydroxyl groups is 1. The van der Waals surface area contributed by atoms with Crippen molar-refractivity contribution >= 4 is 35.3 Å². The van der Waals surface area contributed by atoms with Crippen LogP contribution in [0.2, 0.25) is 0 Å². The van der Waals surface area contributed by atoms with E-state index in [9.17, 15) is 19.5 Å². The second-order valence-electron chi connectivity index (χ2n) is 11.1. The summed E-state index contributed by atoms with van der Waals surface area (Å²) in [5.41, 5.74) is -1.18. The molecule has 2 amide bonds. The fraction of sp³-hybridized carbons (Fsp3) is 0.500. The molecule has 0 aliphatic heterocycles. The minimum Gasteiger partial charge on any atom is -0.494 e. The van der Waals surface area contributed by atoms with Gasteiger partial charge in [-0.1, -0.05) is 24.3 Å². The fourth-order valence-electron chi connectivity index (χ4n) is 2.96. The second kappa shape index (κ2) is 10.0. The zero-order valence-electron chi connectivity index (χ0n) is 22.0. The van der Waals surface area contributed by atoms with E-state index in [-0.39, 0.29) is 12.4 Å². The number of ether oxygens (including phenoxy) is 3. The normalized spacial score (nSPS) is 12.6. The van der Waals surface area contributed by atoms with Crippen molar-refractivity contribution in [2.75, 3.05) is 6.54 Å². The Balaban J connectivity index is 2.31. The summed E-state index contributed by atoms with van der Waals surface area (Å²) in [7, 11) is 0. The first-order valence-corrected chi connectivity index (χ1v) is 11.3. The molecular formula is C26H36N2O7. The van der Waals surface area contributed by atoms with Crippen LogP contribution < -0.4 is 0 Å². The molecule has 0 atom stereocenters. The third kappa shape index (κ3) is 8.35. The van der Waals surface area contributed by atoms with Gasteiger partial charge in [0.05, 0.1) is 12.1 Å². The number of aromatic nitrogens is 1. The molecule has 1 N–H and O–H groups in total. The van der Waals surface area contributed by atoms with Crippen LogP contribution in [0.3, 0.4) is 0 Å². The predicted molar refractivity (Wildman–Crippen MR) is 133 cm³/mol. The summed E-state index contributed by atoms with van der Waals surface area (Å²) in [6.45, 7) is 15.4. The SMILES string of the molecule is CC(C)(C)OC(=O)N(C/C=C/c1ccc2cc(O)n(C(=O)OC(C)(C)C)c2c1)C(=O)OC(C)(C)C. The average molecular weight is 489 g/mol. The zero-order valence-corrected chi connectivity index (χ0v) is 22.0. The lowest BCUT2D eigenvalue weighted by molar-refractivity contribution is 0.00371. The van der Waals surface area contributed by atoms with Crippen molar-refractivity contribution < 1.29 is 33.7 Å². The molecule has 0 bridgehead atoms. The Labute approximate surface area is 206 Å². The van der Waals surface area contributed by atoms with Gasteiger partial charge in [-0.25, -0.2) is 23.9 Å². The molecule has 0 aliphatic carbocycles. The molecule has 1 heterocycles. The van der Waals surface area contributed by atoms with E-state index < -0.39 is 35.1 Å². The van der Waals surface area contributed by atoms with Crippen LogP contribution in [0.5, 0.6) is 5.88 Å². The van der Waals surface area contributed by atoms with Crippen LogP contribution in [0.25, 0.3) is 17.0 Å². The Hall–Kier alpha value is -3.49. The third-order valence-electron chi connectivity index (χ3n) is 4.21. The zero-order chi connectivity index (χ0) is 26.8. The quantitative estimate of drug-likeness (QED) is 0.504. The van der Waals surface area contributed by atoms with Gasteiger partial charge in [0.1, 0.15) is 16.8 Å². The molecule has 35 heavy (non-hydrogen) atoms. The Morgan fingerprint density at radius 1 is 0.857 bits per heavy atom. The summed E-state index contributed by atoms with van der Waals surface area (Å²) in [5, 5.41) is 10.9. The van der Waals surface area contributed by atoms with Crippen LogP contribution >= 0.6 is 0 Å². The smallest absolute Gasteiger partial charge is 0.421 e. The van der Waals surface area contributed by atoms with Crippen molar-refractivity contribution in [3.63, 3.8) is 0 Å². The van der Waals surface area contributed by atoms with Crippen molar-refractivity contribution in [2.45, 2.75) is 79.1 Å². The van der Waals surface area contributed by atoms with Crippen LogP contribution in [-0.4, -0.2) is 56.2 Å². The van der Waals surface area contributed by atoms with Crippen molar-refractivity contribution in [1.82, 2.24) is 9.47 Å². The lowest BCUT2D eigenvalue weighted by Gasteiger charge is -2.28. The van der Waals surface area contributed by atoms with Crippen molar-refractivity contribution in [1.29, 1.82) is 0 Å². The topological polar surface area (TPSA) is 107 Å². The Morgan fingerprint density at radius 2 is 1.37 bits per heavy atom. The maximum atomic E-state index is 12.6. The van der Waals surface area contributed by atoms with E-state index in [4.69, 9.17) is 14.2 Å². The number of nitrogens with zero attached hydrogens (tertiary/aromatic N) is 2. The van der Waals surface area contributed by atoms with Gasteiger partial charge in [-0.05, 0) is 73.9 Å². The predicted octanol–water partition coefficient (Wildman–Crippen LogP) is 6.32. The van der Waals surface area contributed by atoms with Crippen LogP contribution in [0.15, 0.2) is 30.3 Å². The number of imide groups is 1. The fourth-order valence-corrected chi connectivity index (χ4v) is 2.96. The summed E-state index contributed by atoms with van der Waals surface area (Å²) in [6, 6.07) is 6.69. The Kier molecular flexibility index (Phi) is 7.94. The van der Waals surface area contributed by atoms with Crippen LogP contribution in [0.4, 0.5) is 14.4 Å². The van der Waals surface area contributed by atoms with Crippen LogP contribution in [-0.2, 0) is 14.2 Å². The maximum absolute atomic E-state index is 12.6. The molecule has 0 saturated carbocycles. The van der Waals surface area contributed by atoms with Crippen LogP contribution in [0, 0.1) is 0 Å². The number of carbonyl (C=O) groups excluding carboxylic acids is 3. The van der Waals surface area contributed by atoms with Gasteiger partial charge < -0.3 is 19.3 Å². The van der Waals surface area contributed by atoms with Gasteiger partial charge in [0.25, 0.3) is 0 Å². The number of rotatable bonds is 3. The van der Waals surface area contributed by atoms with Gasteiger partial charge in [0.2, 0.25) is 5.88 Å². The molecule has 192 valence electrons. The minimum atomic E-state index is -0.824. The molecule has 9 heteroatoms. The monoisotopic (exact) mass is 488 g/mol. The molecule has 0 fully saturated rings. The van der Waals surface area contributed by atoms with Gasteiger partial charge in [0, 0.05) is 11.5 Å². The number of hydrogen-bond donors (Lipinski definition) is 1. The standard InChI is InChI=1S/C26H36N2O7/c1-24(2,3)33-21(30)27(22(31)34-25(4,5)6)14-10-11-17-12-13-18-16-20(29)28(19(18)15-17)23(32)35-26(7,8)9/h10-13,15-16,29H,14H2,1-9H3/b11-10+. The first-order valence-electron chi connectivity index (χ1n) is 11.3. The summed E-state index contributed by atoms with van der Waals surface area (Å²) in [6.07, 6.45) is 0.943. The maximum Gasteiger partial charge on any atom is 0.421 e. The van der Waals surface area contributed by atoms with Crippen LogP contribution in [0.1, 0.15) is 67.9 Å². The number of hydrogen-bond acceptors (Lipinski definition) is 7. The van der Waals surface area contributed by atoms with E-state index in [1.54, 1.807) is 92.7 Å². The molecule has 9 nitrogen and oxygen atoms in total. The summed E-state index contributed by atoms with van der Waals surface area (Å²) in [4.78, 5) is 38.7. The average Bonchev–Trinajstić information content (AvgIpc) is 2.95. The van der Waals surface area contributed by atoms with Crippen molar-refractivity contribution in [3.8, 4) is 5.88 Å². The van der Waals surface area contributed by atoms with Gasteiger partial charge in [-0.2, -0.15) is 0 Å². The molecule has 0 saturated heterocycles. The molecular weight excluding hydrogens is 452 g/mol. The molecule has 0 spiro atoms. The molecule has 0 unspecified atom stereocenters. The van der Waals surface area contributed by atoms with E-state index in [0.717, 1.165) is 9.47 Å². The van der Waals surface area contributed by atoms with Gasteiger partial charge in [-0.3, -0.25) is 0 Å². The first-order chi connectivity index (χ1) is 15.9. The summed E-state index contributed by atoms with van der Waals surface area (Å²) >= 11 is 0. The van der Waals surface area contributed by atoms with Gasteiger partial charge >= 0.3 is 18.3 Å². The number of fused-ring (bicyclic) bond motifs is 1. The molecule has 0 aliphatic rings. The Bertz CT molecular complexity index is 1100. The van der Waals surface area contributed by atoms with E-state index >= 15 is 0 Å². The van der Waals surface area contributed by atoms with Crippen molar-refractivity contribution in [2.24, 2.45) is 0 Å². The van der Waals surface area contributed by atoms with E-state index in [1.807, 2.05) is 0 Å². The minimum absolute atomic E-state index is 0.0970. The lowest BCUT2D eigenvalue weighted by atomic mass is 10.1. The van der Waals surface area contributed by atoms with E-state index in [2.05, 4.69) is 0 Å². The molecule has 2 aromatic rings. The third-order valence-corrected chi connectivity index (χ3v) is 4.21. The lowest BCUT2D eigenvalue weighted by Crippen LogP contribution is -2.43. The Morgan fingerprint density at radius 3 is 1.86 bits per heavy atom. The highest BCUT2D eigenvalue weighted by Gasteiger charge is 2.30. The largest absolute Gasteiger partial charge is 0.494 e. The highest BCUT2D eigenvalue weighted by molar-refractivity contribution is 5.93. The molecule has 0 radical (unpaired) electrons. The van der Waals surface area contributed by atoms with E-state index in [0.29, 0.717) is 16.5 Å². The highest BCUT2D eigenvalue weighted by Crippen LogP contribution is 2.27. The number of amides is 2. The number of benzene rings is 1. The highest BCUT2D eigenvalue weighted by atomic mass is 16.6. The second-order valence-corrected chi connectivity index (χ2v) is 11.1. The molecule has 1 aromatic carbocycles. The van der Waals surface area contributed by atoms with Gasteiger partial charge in [-0.15, -0.1) is 0 Å². The molecule has 2 rings (SSSR count). The van der Waals surface area contributed by atoms with Crippen molar-refractivity contribution in [3.05, 3.63) is 35.9 Å². The first kappa shape index (κ1) is 27.8. The number of carbonyl (C=O) groups is 3. The van der Waals surface area contributed by atoms with E-state index in [1.165, 1.54) is 6.07 Å².